The van der Waals surface area contributed by atoms with Gasteiger partial charge in [0.2, 0.25) is 0 Å². The lowest BCUT2D eigenvalue weighted by Crippen LogP contribution is -2.30. The molecule has 0 aromatic carbocycles. The molecule has 0 radical (unpaired) electrons. The highest BCUT2D eigenvalue weighted by atomic mass is 16.6. The van der Waals surface area contributed by atoms with E-state index in [2.05, 4.69) is 130 Å². The van der Waals surface area contributed by atoms with Crippen molar-refractivity contribution in [2.75, 3.05) is 13.2 Å². The fraction of sp³-hybridized carbons (Fsp3) is 0.712. The molecule has 0 aliphatic carbocycles. The van der Waals surface area contributed by atoms with Crippen LogP contribution < -0.4 is 0 Å². The van der Waals surface area contributed by atoms with Crippen molar-refractivity contribution in [3.63, 3.8) is 0 Å². The Bertz CT molecular complexity index is 1590. The third kappa shape index (κ3) is 64.8. The van der Waals surface area contributed by atoms with E-state index >= 15 is 0 Å². The predicted molar refractivity (Wildman–Crippen MR) is 343 cm³/mol. The summed E-state index contributed by atoms with van der Waals surface area (Å²) in [6.45, 7) is 6.37. The average molecular weight is 1100 g/mol. The summed E-state index contributed by atoms with van der Waals surface area (Å²) in [7, 11) is 0. The van der Waals surface area contributed by atoms with Gasteiger partial charge in [-0.3, -0.25) is 14.4 Å². The van der Waals surface area contributed by atoms with Crippen molar-refractivity contribution in [2.24, 2.45) is 0 Å². The van der Waals surface area contributed by atoms with E-state index in [1.165, 1.54) is 167 Å². The number of rotatable bonds is 60. The molecular formula is C73H124O6. The lowest BCUT2D eigenvalue weighted by Gasteiger charge is -2.18. The minimum Gasteiger partial charge on any atom is -0.462 e. The number of carbonyl (C=O) groups excluding carboxylic acids is 3. The number of unbranched alkanes of at least 4 members (excludes halogenated alkanes) is 31. The highest BCUT2D eigenvalue weighted by Crippen LogP contribution is 2.17. The Kier molecular flexibility index (Phi) is 63.3. The molecule has 0 amide bonds. The van der Waals surface area contributed by atoms with E-state index in [1.807, 2.05) is 0 Å². The van der Waals surface area contributed by atoms with Crippen LogP contribution >= 0.6 is 0 Å². The SMILES string of the molecule is CC/C=C\C/C=C\C/C=C\C/C=C\C/C=C\CCCC(=O)OC(COC(=O)CCCCCCCCCCC)COC(=O)CCCCCCCCCCCCCCCCCCCCCCCC/C=C\C/C=C\C/C=C\C/C=C\CC. The molecule has 0 spiro atoms. The predicted octanol–water partition coefficient (Wildman–Crippen LogP) is 23.0. The molecule has 0 aromatic rings. The van der Waals surface area contributed by atoms with Crippen LogP contribution in [0.3, 0.4) is 0 Å². The van der Waals surface area contributed by atoms with Gasteiger partial charge in [-0.15, -0.1) is 0 Å². The molecule has 1 atom stereocenters. The summed E-state index contributed by atoms with van der Waals surface area (Å²) in [6, 6.07) is 0. The second-order valence-electron chi connectivity index (χ2n) is 22.0. The van der Waals surface area contributed by atoms with Gasteiger partial charge >= 0.3 is 17.9 Å². The summed E-state index contributed by atoms with van der Waals surface area (Å²) in [4.78, 5) is 38.1. The topological polar surface area (TPSA) is 78.9 Å². The number of hydrogen-bond acceptors (Lipinski definition) is 6. The number of ether oxygens (including phenoxy) is 3. The first-order chi connectivity index (χ1) is 39.0. The second-order valence-corrected chi connectivity index (χ2v) is 22.0. The molecule has 0 saturated carbocycles. The van der Waals surface area contributed by atoms with Crippen LogP contribution in [0.1, 0.15) is 316 Å². The molecule has 0 aliphatic heterocycles. The zero-order chi connectivity index (χ0) is 57.1. The van der Waals surface area contributed by atoms with Crippen LogP contribution in [-0.4, -0.2) is 37.2 Å². The fourth-order valence-electron chi connectivity index (χ4n) is 9.35. The Labute approximate surface area is 489 Å². The molecular weight excluding hydrogens is 973 g/mol. The maximum Gasteiger partial charge on any atom is 0.306 e. The Morgan fingerprint density at radius 3 is 0.810 bits per heavy atom. The van der Waals surface area contributed by atoms with E-state index in [9.17, 15) is 14.4 Å². The van der Waals surface area contributed by atoms with Crippen molar-refractivity contribution in [3.8, 4) is 0 Å². The van der Waals surface area contributed by atoms with Crippen LogP contribution in [0.5, 0.6) is 0 Å². The quantitative estimate of drug-likeness (QED) is 0.0261. The maximum atomic E-state index is 12.8. The molecule has 0 aromatic heterocycles. The number of carbonyl (C=O) groups is 3. The van der Waals surface area contributed by atoms with Crippen molar-refractivity contribution in [1.29, 1.82) is 0 Å². The summed E-state index contributed by atoms with van der Waals surface area (Å²) in [5, 5.41) is 0. The van der Waals surface area contributed by atoms with Crippen LogP contribution in [0, 0.1) is 0 Å². The first-order valence-corrected chi connectivity index (χ1v) is 33.4. The first kappa shape index (κ1) is 75.1. The molecule has 1 unspecified atom stereocenters. The van der Waals surface area contributed by atoms with Crippen molar-refractivity contribution in [3.05, 3.63) is 109 Å². The third-order valence-corrected chi connectivity index (χ3v) is 14.3. The van der Waals surface area contributed by atoms with Gasteiger partial charge in [-0.1, -0.05) is 310 Å². The molecule has 0 aliphatic rings. The zero-order valence-electron chi connectivity index (χ0n) is 51.9. The minimum atomic E-state index is -0.804. The Morgan fingerprint density at radius 1 is 0.266 bits per heavy atom. The second kappa shape index (κ2) is 66.6. The highest BCUT2D eigenvalue weighted by molar-refractivity contribution is 5.71. The summed E-state index contributed by atoms with van der Waals surface area (Å²) in [5.41, 5.74) is 0. The largest absolute Gasteiger partial charge is 0.462 e. The van der Waals surface area contributed by atoms with Gasteiger partial charge in [0.05, 0.1) is 0 Å². The van der Waals surface area contributed by atoms with Gasteiger partial charge in [-0.25, -0.2) is 0 Å². The monoisotopic (exact) mass is 1100 g/mol. The Hall–Kier alpha value is -3.93. The van der Waals surface area contributed by atoms with E-state index in [0.717, 1.165) is 103 Å². The average Bonchev–Trinajstić information content (AvgIpc) is 3.45. The van der Waals surface area contributed by atoms with Gasteiger partial charge in [-0.05, 0) is 96.3 Å². The smallest absolute Gasteiger partial charge is 0.306 e. The van der Waals surface area contributed by atoms with Gasteiger partial charge in [0.25, 0.3) is 0 Å². The van der Waals surface area contributed by atoms with E-state index in [4.69, 9.17) is 14.2 Å². The first-order valence-electron chi connectivity index (χ1n) is 33.4. The van der Waals surface area contributed by atoms with E-state index < -0.39 is 6.10 Å². The van der Waals surface area contributed by atoms with Crippen molar-refractivity contribution >= 4 is 17.9 Å². The number of esters is 3. The highest BCUT2D eigenvalue weighted by Gasteiger charge is 2.19. The van der Waals surface area contributed by atoms with Crippen LogP contribution in [0.15, 0.2) is 109 Å². The van der Waals surface area contributed by atoms with Crippen LogP contribution in [-0.2, 0) is 28.6 Å². The normalized spacial score (nSPS) is 12.8. The molecule has 79 heavy (non-hydrogen) atoms. The molecule has 0 fully saturated rings. The lowest BCUT2D eigenvalue weighted by atomic mass is 10.0. The third-order valence-electron chi connectivity index (χ3n) is 14.3. The van der Waals surface area contributed by atoms with Crippen molar-refractivity contribution in [1.82, 2.24) is 0 Å². The molecule has 6 heteroatoms. The minimum absolute atomic E-state index is 0.0967. The van der Waals surface area contributed by atoms with Crippen molar-refractivity contribution in [2.45, 2.75) is 322 Å². The Morgan fingerprint density at radius 2 is 0.506 bits per heavy atom. The molecule has 0 heterocycles. The molecule has 6 nitrogen and oxygen atoms in total. The number of allylic oxidation sites excluding steroid dienone is 18. The molecule has 0 saturated heterocycles. The number of hydrogen-bond donors (Lipinski definition) is 0. The van der Waals surface area contributed by atoms with Gasteiger partial charge in [0.1, 0.15) is 13.2 Å². The van der Waals surface area contributed by atoms with Crippen LogP contribution in [0.25, 0.3) is 0 Å². The van der Waals surface area contributed by atoms with Crippen LogP contribution in [0.4, 0.5) is 0 Å². The summed E-state index contributed by atoms with van der Waals surface area (Å²) in [6.07, 6.45) is 91.5. The summed E-state index contributed by atoms with van der Waals surface area (Å²) < 4.78 is 16.8. The van der Waals surface area contributed by atoms with E-state index in [-0.39, 0.29) is 37.5 Å². The standard InChI is InChI=1S/C73H124O6/c1-4-7-10-13-16-19-21-23-25-27-28-29-30-31-32-33-34-35-36-37-38-39-40-41-42-43-44-46-47-49-51-54-57-60-63-66-72(75)78-69-70(68-77-71(74)65-62-59-56-53-18-15-12-9-6-3)79-73(76)67-64-61-58-55-52-50-48-45-26-24-22-20-17-14-11-8-5-2/h7-8,10-11,16-17,19-20,23-26,28-29,48,50,55,58,70H,4-6,9,12-15,18,21-22,27,30-47,49,51-54,56-57,59-69H2,1-3H3/b10-7-,11-8-,19-16-,20-17-,25-23-,26-24-,29-28-,50-48-,58-55-. The van der Waals surface area contributed by atoms with Gasteiger partial charge in [0, 0.05) is 19.3 Å². The molecule has 0 bridgehead atoms. The maximum absolute atomic E-state index is 12.8. The summed E-state index contributed by atoms with van der Waals surface area (Å²) in [5.74, 6) is -0.948. The zero-order valence-corrected chi connectivity index (χ0v) is 51.9. The van der Waals surface area contributed by atoms with E-state index in [1.54, 1.807) is 0 Å². The van der Waals surface area contributed by atoms with Gasteiger partial charge in [0.15, 0.2) is 6.10 Å². The lowest BCUT2D eigenvalue weighted by molar-refractivity contribution is -0.167. The van der Waals surface area contributed by atoms with Gasteiger partial charge < -0.3 is 14.2 Å². The summed E-state index contributed by atoms with van der Waals surface area (Å²) >= 11 is 0. The van der Waals surface area contributed by atoms with E-state index in [0.29, 0.717) is 19.3 Å². The molecule has 452 valence electrons. The molecule has 0 rings (SSSR count). The molecule has 0 N–H and O–H groups in total. The Balaban J connectivity index is 4.08. The van der Waals surface area contributed by atoms with Gasteiger partial charge in [-0.2, -0.15) is 0 Å². The van der Waals surface area contributed by atoms with Crippen molar-refractivity contribution < 1.29 is 28.6 Å². The van der Waals surface area contributed by atoms with Crippen LogP contribution in [0.2, 0.25) is 0 Å². The fourth-order valence-corrected chi connectivity index (χ4v) is 9.35.